The Morgan fingerprint density at radius 1 is 1.35 bits per heavy atom. The Morgan fingerprint density at radius 2 is 2.15 bits per heavy atom. The van der Waals surface area contributed by atoms with Crippen molar-refractivity contribution in [3.63, 3.8) is 0 Å². The number of rotatable bonds is 4. The first-order valence-corrected chi connectivity index (χ1v) is 8.92. The summed E-state index contributed by atoms with van der Waals surface area (Å²) < 4.78 is 1.71. The largest absolute Gasteiger partial charge is 0.393 e. The van der Waals surface area contributed by atoms with Crippen molar-refractivity contribution in [3.05, 3.63) is 59.0 Å². The van der Waals surface area contributed by atoms with Crippen LogP contribution in [0.2, 0.25) is 5.02 Å². The number of amides is 1. The fraction of sp³-hybridized carbons (Fsp3) is 0.316. The number of nitrogens with one attached hydrogen (secondary N) is 1. The third kappa shape index (κ3) is 3.18. The monoisotopic (exact) mass is 370 g/mol. The average Bonchev–Trinajstić information content (AvgIpc) is 3.03. The van der Waals surface area contributed by atoms with Crippen LogP contribution in [0.4, 0.5) is 0 Å². The first-order chi connectivity index (χ1) is 12.5. The first-order valence-electron chi connectivity index (χ1n) is 8.54. The predicted molar refractivity (Wildman–Crippen MR) is 98.9 cm³/mol. The summed E-state index contributed by atoms with van der Waals surface area (Å²) in [6.07, 6.45) is 4.67. The molecule has 0 spiro atoms. The molecule has 1 amide bonds. The van der Waals surface area contributed by atoms with E-state index < -0.39 is 0 Å². The fourth-order valence-electron chi connectivity index (χ4n) is 3.43. The summed E-state index contributed by atoms with van der Waals surface area (Å²) in [7, 11) is 1.84. The van der Waals surface area contributed by atoms with Gasteiger partial charge in [-0.25, -0.2) is 4.98 Å². The molecule has 0 bridgehead atoms. The smallest absolute Gasteiger partial charge is 0.270 e. The minimum absolute atomic E-state index is 0.183. The van der Waals surface area contributed by atoms with Crippen LogP contribution < -0.4 is 5.32 Å². The molecule has 0 radical (unpaired) electrons. The molecule has 0 unspecified atom stereocenters. The number of carbonyl (C=O) groups is 1. The lowest BCUT2D eigenvalue weighted by atomic mass is 9.75. The van der Waals surface area contributed by atoms with Crippen molar-refractivity contribution < 1.29 is 9.90 Å². The van der Waals surface area contributed by atoms with Crippen molar-refractivity contribution in [2.45, 2.75) is 25.0 Å². The summed E-state index contributed by atoms with van der Waals surface area (Å²) in [6.45, 7) is 0. The Labute approximate surface area is 155 Å². The number of nitrogens with zero attached hydrogens (tertiary/aromatic N) is 3. The average molecular weight is 371 g/mol. The molecule has 2 aromatic heterocycles. The van der Waals surface area contributed by atoms with E-state index in [1.165, 1.54) is 0 Å². The maximum Gasteiger partial charge on any atom is 0.270 e. The van der Waals surface area contributed by atoms with E-state index in [2.05, 4.69) is 15.4 Å². The third-order valence-corrected chi connectivity index (χ3v) is 5.20. The fourth-order valence-corrected chi connectivity index (χ4v) is 3.65. The second-order valence-corrected chi connectivity index (χ2v) is 7.20. The van der Waals surface area contributed by atoms with Crippen LogP contribution in [-0.2, 0) is 7.05 Å². The van der Waals surface area contributed by atoms with Gasteiger partial charge < -0.3 is 10.4 Å². The summed E-state index contributed by atoms with van der Waals surface area (Å²) in [6, 6.07) is 8.85. The van der Waals surface area contributed by atoms with Crippen molar-refractivity contribution in [1.82, 2.24) is 20.1 Å². The van der Waals surface area contributed by atoms with E-state index in [9.17, 15) is 9.90 Å². The summed E-state index contributed by atoms with van der Waals surface area (Å²) in [5, 5.41) is 18.3. The SMILES string of the molecule is Cn1cc([C@@H](NC(=O)c2ccc3cccc(Cl)c3n2)C2CC(O)C2)cn1. The molecule has 2 heterocycles. The van der Waals surface area contributed by atoms with Crippen LogP contribution in [0.15, 0.2) is 42.7 Å². The highest BCUT2D eigenvalue weighted by molar-refractivity contribution is 6.35. The van der Waals surface area contributed by atoms with E-state index in [0.29, 0.717) is 29.1 Å². The number of fused-ring (bicyclic) bond motifs is 1. The molecule has 4 rings (SSSR count). The van der Waals surface area contributed by atoms with Crippen molar-refractivity contribution in [3.8, 4) is 0 Å². The molecular weight excluding hydrogens is 352 g/mol. The number of benzene rings is 1. The summed E-state index contributed by atoms with van der Waals surface area (Å²) in [5.74, 6) is -0.0794. The van der Waals surface area contributed by atoms with Crippen molar-refractivity contribution >= 4 is 28.4 Å². The van der Waals surface area contributed by atoms with E-state index in [1.54, 1.807) is 23.0 Å². The molecule has 1 saturated carbocycles. The predicted octanol–water partition coefficient (Wildman–Crippen LogP) is 2.86. The van der Waals surface area contributed by atoms with Crippen LogP contribution in [0.3, 0.4) is 0 Å². The van der Waals surface area contributed by atoms with Gasteiger partial charge in [0.25, 0.3) is 5.91 Å². The zero-order valence-electron chi connectivity index (χ0n) is 14.3. The van der Waals surface area contributed by atoms with Gasteiger partial charge in [0.05, 0.1) is 28.9 Å². The van der Waals surface area contributed by atoms with E-state index >= 15 is 0 Å². The molecule has 1 aliphatic rings. The lowest BCUT2D eigenvalue weighted by Gasteiger charge is -2.37. The molecule has 1 fully saturated rings. The number of aliphatic hydroxyl groups is 1. The summed E-state index contributed by atoms with van der Waals surface area (Å²) >= 11 is 6.20. The number of hydrogen-bond donors (Lipinski definition) is 2. The molecule has 1 aliphatic carbocycles. The van der Waals surface area contributed by atoms with Gasteiger partial charge in [0.15, 0.2) is 0 Å². The normalized spacial score (nSPS) is 20.6. The molecule has 0 aliphatic heterocycles. The number of carbonyl (C=O) groups excluding carboxylic acids is 1. The standard InChI is InChI=1S/C19H19ClN4O2/c1-24-10-13(9-21-24)17(12-7-14(25)8-12)23-19(26)16-6-5-11-3-2-4-15(20)18(11)22-16/h2-6,9-10,12,14,17,25H,7-8H2,1H3,(H,23,26)/t12?,14?,17-/m0/s1. The van der Waals surface area contributed by atoms with E-state index in [0.717, 1.165) is 10.9 Å². The van der Waals surface area contributed by atoms with Gasteiger partial charge >= 0.3 is 0 Å². The van der Waals surface area contributed by atoms with Crippen LogP contribution in [0.1, 0.15) is 34.9 Å². The molecule has 0 saturated heterocycles. The van der Waals surface area contributed by atoms with Crippen molar-refractivity contribution in [2.24, 2.45) is 13.0 Å². The van der Waals surface area contributed by atoms with Gasteiger partial charge in [-0.2, -0.15) is 5.10 Å². The van der Waals surface area contributed by atoms with E-state index in [1.807, 2.05) is 31.4 Å². The highest BCUT2D eigenvalue weighted by atomic mass is 35.5. The molecule has 26 heavy (non-hydrogen) atoms. The zero-order valence-corrected chi connectivity index (χ0v) is 15.0. The van der Waals surface area contributed by atoms with E-state index in [-0.39, 0.29) is 24.0 Å². The lowest BCUT2D eigenvalue weighted by molar-refractivity contribution is 0.0234. The molecular formula is C19H19ClN4O2. The Hall–Kier alpha value is -2.44. The highest BCUT2D eigenvalue weighted by Crippen LogP contribution is 2.38. The number of halogens is 1. The number of aryl methyl sites for hydroxylation is 1. The third-order valence-electron chi connectivity index (χ3n) is 4.90. The van der Waals surface area contributed by atoms with Crippen LogP contribution in [0, 0.1) is 5.92 Å². The maximum absolute atomic E-state index is 12.8. The highest BCUT2D eigenvalue weighted by Gasteiger charge is 2.36. The minimum atomic E-state index is -0.298. The first kappa shape index (κ1) is 17.0. The molecule has 2 N–H and O–H groups in total. The molecule has 1 aromatic carbocycles. The number of para-hydroxylation sites is 1. The van der Waals surface area contributed by atoms with E-state index in [4.69, 9.17) is 11.6 Å². The van der Waals surface area contributed by atoms with Crippen LogP contribution in [0.25, 0.3) is 10.9 Å². The number of aliphatic hydroxyl groups excluding tert-OH is 1. The van der Waals surface area contributed by atoms with Gasteiger partial charge in [-0.1, -0.05) is 29.8 Å². The van der Waals surface area contributed by atoms with Crippen molar-refractivity contribution in [1.29, 1.82) is 0 Å². The van der Waals surface area contributed by atoms with Gasteiger partial charge in [-0.15, -0.1) is 0 Å². The van der Waals surface area contributed by atoms with Gasteiger partial charge in [-0.05, 0) is 30.9 Å². The second kappa shape index (κ2) is 6.70. The maximum atomic E-state index is 12.8. The summed E-state index contributed by atoms with van der Waals surface area (Å²) in [4.78, 5) is 17.2. The Kier molecular flexibility index (Phi) is 4.38. The molecule has 1 atom stereocenters. The lowest BCUT2D eigenvalue weighted by Crippen LogP contribution is -2.41. The topological polar surface area (TPSA) is 80.0 Å². The molecule has 6 nitrogen and oxygen atoms in total. The zero-order chi connectivity index (χ0) is 18.3. The Morgan fingerprint density at radius 3 is 2.85 bits per heavy atom. The quantitative estimate of drug-likeness (QED) is 0.740. The van der Waals surface area contributed by atoms with Crippen molar-refractivity contribution in [2.75, 3.05) is 0 Å². The van der Waals surface area contributed by atoms with Gasteiger partial charge in [0, 0.05) is 24.2 Å². The van der Waals surface area contributed by atoms with Gasteiger partial charge in [0.1, 0.15) is 5.69 Å². The molecule has 7 heteroatoms. The minimum Gasteiger partial charge on any atom is -0.393 e. The number of aromatic nitrogens is 3. The Bertz CT molecular complexity index is 965. The number of hydrogen-bond acceptors (Lipinski definition) is 4. The Balaban J connectivity index is 1.61. The molecule has 134 valence electrons. The second-order valence-electron chi connectivity index (χ2n) is 6.79. The van der Waals surface area contributed by atoms with Crippen LogP contribution >= 0.6 is 11.6 Å². The van der Waals surface area contributed by atoms with Gasteiger partial charge in [0.2, 0.25) is 0 Å². The van der Waals surface area contributed by atoms with Crippen LogP contribution in [0.5, 0.6) is 0 Å². The summed E-state index contributed by atoms with van der Waals surface area (Å²) in [5.41, 5.74) is 1.86. The van der Waals surface area contributed by atoms with Gasteiger partial charge in [-0.3, -0.25) is 9.48 Å². The molecule has 3 aromatic rings. The van der Waals surface area contributed by atoms with Crippen LogP contribution in [-0.4, -0.2) is 31.9 Å². The number of pyridine rings is 1.